The maximum atomic E-state index is 14.0. The van der Waals surface area contributed by atoms with Crippen molar-refractivity contribution in [3.8, 4) is 11.5 Å². The fraction of sp³-hybridized carbons (Fsp3) is 0.655. The number of ether oxygens (including phenoxy) is 8. The fourth-order valence-corrected chi connectivity index (χ4v) is 24.1. The zero-order chi connectivity index (χ0) is 79.3. The predicted molar refractivity (Wildman–Crippen MR) is 435 cm³/mol. The third kappa shape index (κ3) is 18.1. The number of aldehydes is 1. The van der Waals surface area contributed by atoms with Crippen LogP contribution in [0.3, 0.4) is 0 Å². The predicted octanol–water partition coefficient (Wildman–Crippen LogP) is 8.87. The number of pyridine rings is 2. The molecule has 2 spiro atoms. The quantitative estimate of drug-likeness (QED) is 0.0934. The molecule has 113 heavy (non-hydrogen) atoms. The Hall–Kier alpha value is -5.89. The van der Waals surface area contributed by atoms with E-state index in [0.717, 1.165) is 154 Å². The maximum Gasteiger partial charge on any atom is 0.283 e. The third-order valence-electron chi connectivity index (χ3n) is 26.9. The summed E-state index contributed by atoms with van der Waals surface area (Å²) in [5.74, 6) is 0.437. The van der Waals surface area contributed by atoms with Crippen LogP contribution in [0.1, 0.15) is 134 Å². The number of amides is 2. The molecular formula is C84H116Cl2N10O15S2. The minimum atomic E-state index is -4.13. The highest BCUT2D eigenvalue weighted by Gasteiger charge is 2.53. The van der Waals surface area contributed by atoms with Crippen LogP contribution in [0.5, 0.6) is 11.5 Å². The van der Waals surface area contributed by atoms with E-state index < -0.39 is 53.6 Å². The highest BCUT2D eigenvalue weighted by molar-refractivity contribution is 7.91. The monoisotopic (exact) mass is 1640 g/mol. The van der Waals surface area contributed by atoms with Gasteiger partial charge in [-0.2, -0.15) is 0 Å². The molecule has 14 atom stereocenters. The second-order valence-electron chi connectivity index (χ2n) is 33.8. The van der Waals surface area contributed by atoms with E-state index in [0.29, 0.717) is 92.5 Å². The number of methoxy groups -OCH3 is 4. The van der Waals surface area contributed by atoms with Gasteiger partial charge >= 0.3 is 0 Å². The lowest BCUT2D eigenvalue weighted by Gasteiger charge is -2.53. The highest BCUT2D eigenvalue weighted by Crippen LogP contribution is 2.52. The molecule has 6 fully saturated rings. The first-order chi connectivity index (χ1) is 54.5. The van der Waals surface area contributed by atoms with Crippen molar-refractivity contribution in [1.29, 1.82) is 0 Å². The van der Waals surface area contributed by atoms with E-state index in [1.165, 1.54) is 42.0 Å². The Labute approximate surface area is 677 Å². The number of benzene rings is 2. The molecular weight excluding hydrogens is 1520 g/mol. The maximum absolute atomic E-state index is 14.0. The minimum absolute atomic E-state index is 0.0119. The SMILES string of the molecule is C1CN2CCOC[C@@H]2CN1.COCC[C@@H]1[C@@H](C)C/C=C/[C@](C=O)(OC)[C@@H]2CC[C@H]2CN2C[C@@]3(CCCc4cc(Cl)ccc43)COc3ccc(nc32)C(=O)NS1(=O)=O.COCC[C@@H]1[C@@H](C)C/C=C/[C@](CN2CCN3CCOC[C@@H]3C2)(OC)[C@@H]2CC[C@H]2CN2C[C@@]3(CCCc4cc(Cl)ccc43)COc3ccc(nc32)C(=O)NS1(=O)=O. The zero-order valence-electron chi connectivity index (χ0n) is 66.5. The molecule has 29 heteroatoms. The number of nitrogens with zero attached hydrogens (tertiary/aromatic N) is 7. The Morgan fingerprint density at radius 2 is 1.13 bits per heavy atom. The average Bonchev–Trinajstić information content (AvgIpc) is 1.49. The van der Waals surface area contributed by atoms with Crippen LogP contribution in [0.25, 0.3) is 0 Å². The van der Waals surface area contributed by atoms with E-state index in [2.05, 4.69) is 69.6 Å². The lowest BCUT2D eigenvalue weighted by molar-refractivity contribution is -0.136. The molecule has 16 rings (SSSR count). The highest BCUT2D eigenvalue weighted by atomic mass is 35.5. The summed E-state index contributed by atoms with van der Waals surface area (Å²) in [6, 6.07) is 19.9. The molecule has 4 bridgehead atoms. The molecule has 10 heterocycles. The van der Waals surface area contributed by atoms with Gasteiger partial charge in [0.1, 0.15) is 22.6 Å². The number of anilines is 2. The molecule has 25 nitrogen and oxygen atoms in total. The molecule has 0 unspecified atom stereocenters. The van der Waals surface area contributed by atoms with Gasteiger partial charge in [-0.05, 0) is 196 Å². The molecule has 12 aliphatic rings. The normalized spacial score (nSPS) is 33.6. The number of aromatic nitrogens is 2. The minimum Gasteiger partial charge on any atom is -0.489 e. The third-order valence-corrected chi connectivity index (χ3v) is 31.3. The molecule has 2 amide bonds. The van der Waals surface area contributed by atoms with Crippen molar-refractivity contribution in [2.75, 3.05) is 176 Å². The molecule has 618 valence electrons. The van der Waals surface area contributed by atoms with Crippen LogP contribution in [-0.4, -0.2) is 260 Å². The molecule has 0 radical (unpaired) electrons. The summed E-state index contributed by atoms with van der Waals surface area (Å²) in [6.45, 7) is 20.1. The Bertz CT molecular complexity index is 4310. The van der Waals surface area contributed by atoms with Gasteiger partial charge in [-0.25, -0.2) is 36.2 Å². The van der Waals surface area contributed by atoms with Gasteiger partial charge < -0.3 is 53.0 Å². The second-order valence-corrected chi connectivity index (χ2v) is 38.4. The van der Waals surface area contributed by atoms with E-state index >= 15 is 0 Å². The first-order valence-electron chi connectivity index (χ1n) is 41.0. The fourth-order valence-electron chi connectivity index (χ4n) is 20.4. The zero-order valence-corrected chi connectivity index (χ0v) is 69.7. The van der Waals surface area contributed by atoms with Crippen LogP contribution in [0.15, 0.2) is 85.0 Å². The number of aryl methyl sites for hydroxylation is 2. The van der Waals surface area contributed by atoms with Crippen molar-refractivity contribution in [1.82, 2.24) is 39.4 Å². The van der Waals surface area contributed by atoms with Gasteiger partial charge in [0.2, 0.25) is 20.0 Å². The van der Waals surface area contributed by atoms with Crippen LogP contribution in [0.4, 0.5) is 11.6 Å². The van der Waals surface area contributed by atoms with Crippen LogP contribution >= 0.6 is 23.2 Å². The van der Waals surface area contributed by atoms with Crippen LogP contribution in [-0.2, 0) is 76.9 Å². The number of sulfonamides is 2. The lowest BCUT2D eigenvalue weighted by Crippen LogP contribution is -2.62. The molecule has 4 saturated heterocycles. The van der Waals surface area contributed by atoms with Gasteiger partial charge in [0.15, 0.2) is 29.4 Å². The van der Waals surface area contributed by atoms with Crippen molar-refractivity contribution in [3.63, 3.8) is 0 Å². The smallest absolute Gasteiger partial charge is 0.283 e. The van der Waals surface area contributed by atoms with Crippen molar-refractivity contribution >= 4 is 73.0 Å². The molecule has 2 saturated carbocycles. The number of allylic oxidation sites excluding steroid dienone is 2. The van der Waals surface area contributed by atoms with E-state index in [4.69, 9.17) is 71.1 Å². The van der Waals surface area contributed by atoms with Crippen molar-refractivity contribution in [2.24, 2.45) is 35.5 Å². The van der Waals surface area contributed by atoms with Crippen molar-refractivity contribution in [2.45, 2.75) is 148 Å². The molecule has 4 aromatic rings. The lowest BCUT2D eigenvalue weighted by atomic mass is 9.63. The van der Waals surface area contributed by atoms with E-state index in [1.807, 2.05) is 45.2 Å². The summed E-state index contributed by atoms with van der Waals surface area (Å²) < 4.78 is 108. The van der Waals surface area contributed by atoms with E-state index in [-0.39, 0.29) is 83.8 Å². The number of halogens is 2. The van der Waals surface area contributed by atoms with Gasteiger partial charge in [-0.15, -0.1) is 0 Å². The number of nitrogens with one attached hydrogen (secondary N) is 3. The van der Waals surface area contributed by atoms with Gasteiger partial charge in [0, 0.05) is 166 Å². The van der Waals surface area contributed by atoms with Gasteiger partial charge in [0.25, 0.3) is 11.8 Å². The van der Waals surface area contributed by atoms with Crippen LogP contribution in [0.2, 0.25) is 10.0 Å². The van der Waals surface area contributed by atoms with Gasteiger partial charge in [0.05, 0.1) is 50.1 Å². The number of hydrogen-bond acceptors (Lipinski definition) is 23. The summed E-state index contributed by atoms with van der Waals surface area (Å²) in [4.78, 5) is 62.1. The Kier molecular flexibility index (Phi) is 26.7. The largest absolute Gasteiger partial charge is 0.489 e. The first kappa shape index (κ1) is 83.6. The first-order valence-corrected chi connectivity index (χ1v) is 44.8. The number of piperazine rings is 2. The van der Waals surface area contributed by atoms with Crippen molar-refractivity contribution in [3.05, 3.63) is 129 Å². The number of fused-ring (bicyclic) bond motifs is 10. The van der Waals surface area contributed by atoms with Gasteiger partial charge in [-0.1, -0.05) is 67.4 Å². The molecule has 4 aliphatic carbocycles. The van der Waals surface area contributed by atoms with Crippen LogP contribution in [0, 0.1) is 35.5 Å². The standard InChI is InChI=1S/C42H58ClN5O7S.C35H44ClN3O7S.C7H14N2O/c1-29-6-4-16-42(53-3,27-46-17-18-47-19-21-54-25-33(47)24-46)35-10-8-31(35)23-48-26-41(15-5-7-30-22-32(43)9-11-34(30)41)28-55-37-13-12-36(44-39(37)48)40(49)45-56(50,51)38(29)14-20-52-2;1-23-6-4-16-35(21-40,45-3)28-10-8-25(28)19-39-20-34(15-5-7-24-18-26(36)9-11-27(24)34)22-46-30-13-12-29(37-32(30)39)33(41)38-47(42,43)31(23)14-17-44-2;1-2-9-3-4-10-6-7(9)5-8-1/h4,9,11-13,16,22,29,31,33,35,38H,5-8,10,14-15,17-21,23-28H2,1-3H3,(H,45,49);4,9,11-13,16,18,21,23,25,28,31H,5-8,10,14-15,17,19-20,22H2,1-3H3,(H,38,41);7-8H,1-6H2/b2*16-4+;/t29-,31-,33-,35+,38+,41-,42+;23-,25-,28+,31+,34-,35+;7-/m000/s1. The number of carbonyl (C=O) groups is 3. The summed E-state index contributed by atoms with van der Waals surface area (Å²) >= 11 is 12.9. The Balaban J connectivity index is 0.000000168. The number of rotatable bonds is 11. The molecule has 2 aromatic heterocycles. The number of carbonyl (C=O) groups excluding carboxylic acids is 3. The van der Waals surface area contributed by atoms with Crippen molar-refractivity contribution < 1.29 is 69.1 Å². The number of morpholine rings is 2. The Morgan fingerprint density at radius 1 is 0.611 bits per heavy atom. The Morgan fingerprint density at radius 3 is 1.63 bits per heavy atom. The summed E-state index contributed by atoms with van der Waals surface area (Å²) in [5, 5.41) is 3.01. The molecule has 8 aliphatic heterocycles. The van der Waals surface area contributed by atoms with Crippen LogP contribution < -0.4 is 34.0 Å². The summed E-state index contributed by atoms with van der Waals surface area (Å²) in [6.07, 6.45) is 19.7. The number of hydrogen-bond donors (Lipinski definition) is 3. The van der Waals surface area contributed by atoms with Gasteiger partial charge in [-0.3, -0.25) is 29.1 Å². The average molecular weight is 1640 g/mol. The second kappa shape index (κ2) is 36.1. The van der Waals surface area contributed by atoms with E-state index in [1.54, 1.807) is 38.5 Å². The van der Waals surface area contributed by atoms with E-state index in [9.17, 15) is 31.2 Å². The summed E-state index contributed by atoms with van der Waals surface area (Å²) in [7, 11) is -1.78. The topological polar surface area (TPSA) is 271 Å². The molecule has 2 aromatic carbocycles. The molecule has 3 N–H and O–H groups in total. The summed E-state index contributed by atoms with van der Waals surface area (Å²) in [5.41, 5.74) is 2.49.